The number of hydrogen-bond donors (Lipinski definition) is 3. The maximum atomic E-state index is 12.4. The number of aromatic nitrogens is 6. The lowest BCUT2D eigenvalue weighted by molar-refractivity contribution is 0.1000. The van der Waals surface area contributed by atoms with Crippen LogP contribution in [-0.2, 0) is 10.5 Å². The summed E-state index contributed by atoms with van der Waals surface area (Å²) in [6, 6.07) is 5.51. The van der Waals surface area contributed by atoms with Crippen molar-refractivity contribution >= 4 is 39.7 Å². The molecule has 0 atom stereocenters. The quantitative estimate of drug-likeness (QED) is 0.403. The number of nitrogens with one attached hydrogen (secondary N) is 2. The van der Waals surface area contributed by atoms with Crippen molar-refractivity contribution in [3.8, 4) is 0 Å². The van der Waals surface area contributed by atoms with Gasteiger partial charge in [0.1, 0.15) is 18.5 Å². The van der Waals surface area contributed by atoms with Crippen LogP contribution in [0.5, 0.6) is 0 Å². The van der Waals surface area contributed by atoms with Crippen molar-refractivity contribution in [1.29, 1.82) is 0 Å². The molecule has 1 aliphatic heterocycles. The Hall–Kier alpha value is -3.57. The Bertz CT molecular complexity index is 1220. The highest BCUT2D eigenvalue weighted by atomic mass is 32.2. The lowest BCUT2D eigenvalue weighted by Crippen LogP contribution is -2.18. The maximum absolute atomic E-state index is 12.4. The third kappa shape index (κ3) is 6.70. The Morgan fingerprint density at radius 3 is 2.39 bits per heavy atom. The van der Waals surface area contributed by atoms with Gasteiger partial charge in [-0.1, -0.05) is 0 Å². The van der Waals surface area contributed by atoms with Crippen LogP contribution in [0.2, 0.25) is 0 Å². The first-order valence-corrected chi connectivity index (χ1v) is 11.5. The van der Waals surface area contributed by atoms with E-state index in [4.69, 9.17) is 10.5 Å². The average molecular weight is 465 g/mol. The summed E-state index contributed by atoms with van der Waals surface area (Å²) in [4.78, 5) is 35.2. The zero-order valence-electron chi connectivity index (χ0n) is 17.8. The van der Waals surface area contributed by atoms with Crippen LogP contribution in [0.4, 0.5) is 17.1 Å². The Labute approximate surface area is 194 Å². The average Bonchev–Trinajstić information content (AvgIpc) is 2.85. The van der Waals surface area contributed by atoms with Gasteiger partial charge < -0.3 is 20.8 Å². The van der Waals surface area contributed by atoms with Crippen LogP contribution < -0.4 is 16.6 Å². The van der Waals surface area contributed by atoms with Crippen molar-refractivity contribution in [3.63, 3.8) is 0 Å². The fraction of sp³-hybridized carbons (Fsp3) is 0.273. The Kier molecular flexibility index (Phi) is 7.77. The number of nitrogens with zero attached hydrogens (tertiary/aromatic N) is 5. The summed E-state index contributed by atoms with van der Waals surface area (Å²) in [6.07, 6.45) is 11.5. The number of aromatic amines is 1. The molecular formula is C22H24N8O2S. The van der Waals surface area contributed by atoms with Gasteiger partial charge in [0.2, 0.25) is 0 Å². The molecule has 1 aliphatic rings. The molecule has 0 aliphatic carbocycles. The minimum atomic E-state index is -0.104. The molecule has 4 aromatic rings. The zero-order valence-corrected chi connectivity index (χ0v) is 18.7. The number of fused-ring (bicyclic) bond motifs is 1. The number of benzene rings is 1. The van der Waals surface area contributed by atoms with Gasteiger partial charge in [-0.05, 0) is 31.0 Å². The molecule has 5 rings (SSSR count). The summed E-state index contributed by atoms with van der Waals surface area (Å²) >= 11 is 1.83. The number of H-pyrrole nitrogens is 1. The lowest BCUT2D eigenvalue weighted by Gasteiger charge is -2.21. The van der Waals surface area contributed by atoms with Crippen LogP contribution in [-0.4, -0.2) is 48.4 Å². The van der Waals surface area contributed by atoms with Crippen LogP contribution in [0.25, 0.3) is 10.9 Å². The molecule has 0 radical (unpaired) electrons. The molecule has 0 spiro atoms. The molecule has 170 valence electrons. The molecule has 1 saturated heterocycles. The highest BCUT2D eigenvalue weighted by molar-refractivity contribution is 7.99. The van der Waals surface area contributed by atoms with E-state index in [1.54, 1.807) is 30.9 Å². The van der Waals surface area contributed by atoms with E-state index in [0.29, 0.717) is 33.4 Å². The van der Waals surface area contributed by atoms with Crippen molar-refractivity contribution in [3.05, 3.63) is 71.8 Å². The second kappa shape index (κ2) is 11.3. The van der Waals surface area contributed by atoms with Gasteiger partial charge in [0, 0.05) is 24.2 Å². The topological polar surface area (TPSA) is 145 Å². The van der Waals surface area contributed by atoms with Gasteiger partial charge in [0.25, 0.3) is 5.56 Å². The van der Waals surface area contributed by atoms with Gasteiger partial charge in [0.15, 0.2) is 0 Å². The van der Waals surface area contributed by atoms with E-state index < -0.39 is 0 Å². The molecule has 4 heterocycles. The first-order chi connectivity index (χ1) is 16.2. The van der Waals surface area contributed by atoms with Crippen LogP contribution in [0.1, 0.15) is 18.7 Å². The maximum Gasteiger partial charge on any atom is 0.258 e. The van der Waals surface area contributed by atoms with Gasteiger partial charge in [-0.25, -0.2) is 24.9 Å². The SMILES string of the molecule is Nc1cncnc1.O=c1[nH]c(CSC2CCOCC2)nc2cc(Nc3cncnc3)ccc12. The molecular weight excluding hydrogens is 440 g/mol. The third-order valence-electron chi connectivity index (χ3n) is 4.81. The van der Waals surface area contributed by atoms with Gasteiger partial charge >= 0.3 is 0 Å². The minimum absolute atomic E-state index is 0.104. The highest BCUT2D eigenvalue weighted by Gasteiger charge is 2.15. The summed E-state index contributed by atoms with van der Waals surface area (Å²) in [6.45, 7) is 1.63. The summed E-state index contributed by atoms with van der Waals surface area (Å²) in [5.41, 5.74) is 8.03. The second-order valence-corrected chi connectivity index (χ2v) is 8.58. The molecule has 10 nitrogen and oxygen atoms in total. The molecule has 0 saturated carbocycles. The second-order valence-electron chi connectivity index (χ2n) is 7.29. The molecule has 1 fully saturated rings. The Balaban J connectivity index is 0.000000318. The van der Waals surface area contributed by atoms with Crippen molar-refractivity contribution in [2.75, 3.05) is 24.3 Å². The monoisotopic (exact) mass is 464 g/mol. The first-order valence-electron chi connectivity index (χ1n) is 10.4. The van der Waals surface area contributed by atoms with E-state index in [9.17, 15) is 4.79 Å². The number of anilines is 3. The lowest BCUT2D eigenvalue weighted by atomic mass is 10.2. The molecule has 4 N–H and O–H groups in total. The third-order valence-corrected chi connectivity index (χ3v) is 6.19. The number of ether oxygens (including phenoxy) is 1. The van der Waals surface area contributed by atoms with E-state index in [1.807, 2.05) is 23.9 Å². The van der Waals surface area contributed by atoms with Gasteiger partial charge in [-0.2, -0.15) is 11.8 Å². The van der Waals surface area contributed by atoms with Crippen molar-refractivity contribution in [2.24, 2.45) is 0 Å². The molecule has 1 aromatic carbocycles. The molecule has 11 heteroatoms. The fourth-order valence-corrected chi connectivity index (χ4v) is 4.27. The number of nitrogen functional groups attached to an aromatic ring is 1. The fourth-order valence-electron chi connectivity index (χ4n) is 3.21. The largest absolute Gasteiger partial charge is 0.396 e. The van der Waals surface area contributed by atoms with Gasteiger partial charge in [-0.3, -0.25) is 4.79 Å². The molecule has 0 amide bonds. The normalized spacial score (nSPS) is 13.8. The number of nitrogens with two attached hydrogens (primary N) is 1. The number of hydrogen-bond acceptors (Lipinski definition) is 10. The van der Waals surface area contributed by atoms with Crippen LogP contribution in [0.3, 0.4) is 0 Å². The number of thioether (sulfide) groups is 1. The van der Waals surface area contributed by atoms with E-state index in [1.165, 1.54) is 12.7 Å². The Morgan fingerprint density at radius 2 is 1.73 bits per heavy atom. The van der Waals surface area contributed by atoms with Gasteiger partial charge in [0.05, 0.1) is 52.8 Å². The summed E-state index contributed by atoms with van der Waals surface area (Å²) < 4.78 is 5.39. The molecule has 3 aromatic heterocycles. The molecule has 33 heavy (non-hydrogen) atoms. The Morgan fingerprint density at radius 1 is 1.03 bits per heavy atom. The van der Waals surface area contributed by atoms with Crippen molar-refractivity contribution in [2.45, 2.75) is 23.8 Å². The summed E-state index contributed by atoms with van der Waals surface area (Å²) in [5, 5.41) is 4.37. The van der Waals surface area contributed by atoms with E-state index in [2.05, 4.69) is 35.2 Å². The number of rotatable bonds is 5. The predicted octanol–water partition coefficient (Wildman–Crippen LogP) is 2.93. The zero-order chi connectivity index (χ0) is 22.9. The summed E-state index contributed by atoms with van der Waals surface area (Å²) in [7, 11) is 0. The van der Waals surface area contributed by atoms with Crippen molar-refractivity contribution in [1.82, 2.24) is 29.9 Å². The highest BCUT2D eigenvalue weighted by Crippen LogP contribution is 2.25. The van der Waals surface area contributed by atoms with E-state index in [0.717, 1.165) is 37.4 Å². The van der Waals surface area contributed by atoms with Crippen molar-refractivity contribution < 1.29 is 4.74 Å². The van der Waals surface area contributed by atoms with Crippen LogP contribution in [0, 0.1) is 0 Å². The van der Waals surface area contributed by atoms with E-state index in [-0.39, 0.29) is 5.56 Å². The first kappa shape index (κ1) is 22.6. The smallest absolute Gasteiger partial charge is 0.258 e. The minimum Gasteiger partial charge on any atom is -0.396 e. The van der Waals surface area contributed by atoms with Gasteiger partial charge in [-0.15, -0.1) is 0 Å². The van der Waals surface area contributed by atoms with E-state index >= 15 is 0 Å². The molecule has 0 bridgehead atoms. The standard InChI is InChI=1S/C18H19N5O2S.C4H5N3/c24-18-15-2-1-12(21-13-8-19-11-20-9-13)7-16(15)22-17(23-18)10-26-14-3-5-25-6-4-14;5-4-1-6-3-7-2-4/h1-2,7-9,11,14,21H,3-6,10H2,(H,22,23,24);1-3H,5H2. The molecule has 0 unspecified atom stereocenters. The summed E-state index contributed by atoms with van der Waals surface area (Å²) in [5.74, 6) is 1.40. The van der Waals surface area contributed by atoms with Crippen LogP contribution in [0.15, 0.2) is 60.4 Å². The predicted molar refractivity (Wildman–Crippen MR) is 129 cm³/mol. The van der Waals surface area contributed by atoms with Crippen LogP contribution >= 0.6 is 11.8 Å².